The maximum atomic E-state index is 13.8. The van der Waals surface area contributed by atoms with E-state index in [9.17, 15) is 26.9 Å². The average Bonchev–Trinajstić information content (AvgIpc) is 3.67. The summed E-state index contributed by atoms with van der Waals surface area (Å²) in [5, 5.41) is 8.94. The SMILES string of the molecule is CC(C)(C)OC(=O)Cc1ccc2c(c1)N(S(=O)(=O)c1cccc(C#N)c1)C[C@H](CCS(=O)(=O)C1CC1)O2. The third-order valence-corrected chi connectivity index (χ3v) is 10.1. The van der Waals surface area contributed by atoms with Crippen LogP contribution in [0.1, 0.15) is 51.2 Å². The molecule has 0 unspecified atom stereocenters. The average molecular weight is 547 g/mol. The Morgan fingerprint density at radius 1 is 1.14 bits per heavy atom. The number of hydrogen-bond acceptors (Lipinski definition) is 8. The molecule has 0 aromatic heterocycles. The van der Waals surface area contributed by atoms with E-state index in [0.29, 0.717) is 18.4 Å². The Hall–Kier alpha value is -3.10. The number of rotatable bonds is 8. The molecule has 1 aliphatic heterocycles. The first kappa shape index (κ1) is 26.9. The summed E-state index contributed by atoms with van der Waals surface area (Å²) in [6.07, 6.45) is 0.708. The standard InChI is InChI=1S/C26H30N2O7S2/c1-26(2,3)35-25(29)15-18-7-10-24-23(14-18)28(37(32,33)22-6-4-5-19(13-22)16-27)17-20(34-24)11-12-36(30,31)21-8-9-21/h4-7,10,13-14,20-21H,8-9,11-12,15,17H2,1-3H3/t20-/m0/s1. The molecule has 0 bridgehead atoms. The number of anilines is 1. The van der Waals surface area contributed by atoms with Gasteiger partial charge in [-0.1, -0.05) is 12.1 Å². The highest BCUT2D eigenvalue weighted by Crippen LogP contribution is 2.39. The minimum absolute atomic E-state index is 0.0641. The van der Waals surface area contributed by atoms with Crippen LogP contribution in [0, 0.1) is 11.3 Å². The molecule has 2 aromatic rings. The van der Waals surface area contributed by atoms with E-state index in [2.05, 4.69) is 0 Å². The van der Waals surface area contributed by atoms with Crippen LogP contribution in [0.15, 0.2) is 47.4 Å². The minimum Gasteiger partial charge on any atom is -0.486 e. The lowest BCUT2D eigenvalue weighted by molar-refractivity contribution is -0.153. The first-order valence-corrected chi connectivity index (χ1v) is 15.2. The van der Waals surface area contributed by atoms with E-state index < -0.39 is 37.5 Å². The molecular weight excluding hydrogens is 516 g/mol. The van der Waals surface area contributed by atoms with E-state index in [4.69, 9.17) is 9.47 Å². The monoisotopic (exact) mass is 546 g/mol. The summed E-state index contributed by atoms with van der Waals surface area (Å²) in [4.78, 5) is 12.3. The van der Waals surface area contributed by atoms with Gasteiger partial charge >= 0.3 is 5.97 Å². The summed E-state index contributed by atoms with van der Waals surface area (Å²) < 4.78 is 65.0. The quantitative estimate of drug-likeness (QED) is 0.461. The molecule has 198 valence electrons. The van der Waals surface area contributed by atoms with E-state index in [-0.39, 0.29) is 52.3 Å². The molecule has 9 nitrogen and oxygen atoms in total. The lowest BCUT2D eigenvalue weighted by atomic mass is 10.1. The van der Waals surface area contributed by atoms with Gasteiger partial charge in [-0.2, -0.15) is 5.26 Å². The van der Waals surface area contributed by atoms with Crippen molar-refractivity contribution >= 4 is 31.5 Å². The van der Waals surface area contributed by atoms with Crippen LogP contribution < -0.4 is 9.04 Å². The molecule has 1 atom stereocenters. The summed E-state index contributed by atoms with van der Waals surface area (Å²) in [5.41, 5.74) is 0.311. The van der Waals surface area contributed by atoms with Gasteiger partial charge in [0.2, 0.25) is 0 Å². The highest BCUT2D eigenvalue weighted by atomic mass is 32.2. The van der Waals surface area contributed by atoms with Gasteiger partial charge in [0.1, 0.15) is 17.5 Å². The molecule has 4 rings (SSSR count). The maximum Gasteiger partial charge on any atom is 0.310 e. The summed E-state index contributed by atoms with van der Waals surface area (Å²) in [5.74, 6) is -0.275. The van der Waals surface area contributed by atoms with Crippen molar-refractivity contribution in [3.63, 3.8) is 0 Å². The van der Waals surface area contributed by atoms with Crippen LogP contribution in [0.4, 0.5) is 5.69 Å². The fraction of sp³-hybridized carbons (Fsp3) is 0.462. The third kappa shape index (κ3) is 6.43. The number of hydrogen-bond donors (Lipinski definition) is 0. The fourth-order valence-electron chi connectivity index (χ4n) is 4.13. The van der Waals surface area contributed by atoms with E-state index in [1.54, 1.807) is 39.0 Å². The molecular formula is C26H30N2O7S2. The molecule has 1 aliphatic carbocycles. The number of ether oxygens (including phenoxy) is 2. The zero-order valence-corrected chi connectivity index (χ0v) is 22.6. The Labute approximate surface area is 218 Å². The Morgan fingerprint density at radius 2 is 1.86 bits per heavy atom. The van der Waals surface area contributed by atoms with Crippen LogP contribution in [0.25, 0.3) is 0 Å². The first-order chi connectivity index (χ1) is 17.3. The van der Waals surface area contributed by atoms with Gasteiger partial charge in [0, 0.05) is 0 Å². The third-order valence-electron chi connectivity index (χ3n) is 6.03. The molecule has 0 amide bonds. The fourth-order valence-corrected chi connectivity index (χ4v) is 7.46. The highest BCUT2D eigenvalue weighted by molar-refractivity contribution is 7.93. The Kier molecular flexibility index (Phi) is 7.27. The highest BCUT2D eigenvalue weighted by Gasteiger charge is 2.39. The van der Waals surface area contributed by atoms with Crippen LogP contribution >= 0.6 is 0 Å². The Bertz CT molecular complexity index is 1450. The predicted octanol–water partition coefficient (Wildman–Crippen LogP) is 3.37. The number of benzene rings is 2. The van der Waals surface area contributed by atoms with Crippen molar-refractivity contribution in [1.82, 2.24) is 0 Å². The van der Waals surface area contributed by atoms with E-state index in [0.717, 1.165) is 0 Å². The molecule has 0 spiro atoms. The first-order valence-electron chi connectivity index (χ1n) is 12.0. The van der Waals surface area contributed by atoms with Crippen LogP contribution in [0.2, 0.25) is 0 Å². The Morgan fingerprint density at radius 3 is 2.51 bits per heavy atom. The minimum atomic E-state index is -4.14. The van der Waals surface area contributed by atoms with Crippen LogP contribution in [0.5, 0.6) is 5.75 Å². The molecule has 1 heterocycles. The van der Waals surface area contributed by atoms with Gasteiger partial charge in [-0.05, 0) is 75.9 Å². The second kappa shape index (κ2) is 9.99. The lowest BCUT2D eigenvalue weighted by Gasteiger charge is -2.36. The zero-order chi connectivity index (χ0) is 27.0. The molecule has 1 saturated carbocycles. The summed E-state index contributed by atoms with van der Waals surface area (Å²) in [6, 6.07) is 12.5. The second-order valence-corrected chi connectivity index (χ2v) is 14.6. The number of fused-ring (bicyclic) bond motifs is 1. The number of carbonyl (C=O) groups excluding carboxylic acids is 1. The summed E-state index contributed by atoms with van der Waals surface area (Å²) in [6.45, 7) is 5.18. The molecule has 37 heavy (non-hydrogen) atoms. The number of sulfone groups is 1. The van der Waals surface area contributed by atoms with Crippen LogP contribution in [-0.2, 0) is 35.8 Å². The molecule has 2 aliphatic rings. The second-order valence-electron chi connectivity index (χ2n) is 10.3. The number of esters is 1. The zero-order valence-electron chi connectivity index (χ0n) is 21.0. The van der Waals surface area contributed by atoms with Crippen molar-refractivity contribution < 1.29 is 31.1 Å². The van der Waals surface area contributed by atoms with Crippen LogP contribution in [-0.4, -0.2) is 52.1 Å². The summed E-state index contributed by atoms with van der Waals surface area (Å²) in [7, 11) is -7.38. The van der Waals surface area contributed by atoms with E-state index in [1.807, 2.05) is 6.07 Å². The molecule has 2 aromatic carbocycles. The topological polar surface area (TPSA) is 131 Å². The van der Waals surface area contributed by atoms with Crippen molar-refractivity contribution in [3.8, 4) is 11.8 Å². The maximum absolute atomic E-state index is 13.8. The molecule has 0 radical (unpaired) electrons. The number of carbonyl (C=O) groups is 1. The predicted molar refractivity (Wildman–Crippen MR) is 138 cm³/mol. The van der Waals surface area contributed by atoms with Crippen molar-refractivity contribution in [1.29, 1.82) is 5.26 Å². The van der Waals surface area contributed by atoms with E-state index in [1.165, 1.54) is 28.6 Å². The van der Waals surface area contributed by atoms with Crippen molar-refractivity contribution in [2.75, 3.05) is 16.6 Å². The van der Waals surface area contributed by atoms with Crippen molar-refractivity contribution in [3.05, 3.63) is 53.6 Å². The molecule has 0 saturated heterocycles. The van der Waals surface area contributed by atoms with Crippen molar-refractivity contribution in [2.24, 2.45) is 0 Å². The van der Waals surface area contributed by atoms with Gasteiger partial charge in [0.25, 0.3) is 10.0 Å². The number of sulfonamides is 1. The largest absolute Gasteiger partial charge is 0.486 e. The van der Waals surface area contributed by atoms with Gasteiger partial charge in [-0.15, -0.1) is 0 Å². The van der Waals surface area contributed by atoms with Crippen molar-refractivity contribution in [2.45, 2.75) is 68.3 Å². The molecule has 0 N–H and O–H groups in total. The Balaban J connectivity index is 1.67. The van der Waals surface area contributed by atoms with E-state index >= 15 is 0 Å². The van der Waals surface area contributed by atoms with Crippen LogP contribution in [0.3, 0.4) is 0 Å². The van der Waals surface area contributed by atoms with Gasteiger partial charge in [0.15, 0.2) is 9.84 Å². The smallest absolute Gasteiger partial charge is 0.310 e. The van der Waals surface area contributed by atoms with Gasteiger partial charge < -0.3 is 9.47 Å². The van der Waals surface area contributed by atoms with Gasteiger partial charge in [-0.3, -0.25) is 9.10 Å². The van der Waals surface area contributed by atoms with Gasteiger partial charge in [0.05, 0.1) is 46.2 Å². The lowest BCUT2D eigenvalue weighted by Crippen LogP contribution is -2.44. The van der Waals surface area contributed by atoms with Gasteiger partial charge in [-0.25, -0.2) is 16.8 Å². The normalized spacial score (nSPS) is 17.9. The number of nitrogens with zero attached hydrogens (tertiary/aromatic N) is 2. The molecule has 11 heteroatoms. The summed E-state index contributed by atoms with van der Waals surface area (Å²) >= 11 is 0. The number of nitriles is 1. The molecule has 1 fully saturated rings.